The van der Waals surface area contributed by atoms with Gasteiger partial charge in [0, 0.05) is 0 Å². The van der Waals surface area contributed by atoms with Crippen LogP contribution in [0.3, 0.4) is 0 Å². The number of likely N-dealkylation sites (tertiary alicyclic amines) is 1. The lowest BCUT2D eigenvalue weighted by molar-refractivity contribution is -0.148. The number of carboxylic acids is 1. The first-order valence-electron chi connectivity index (χ1n) is 7.13. The van der Waals surface area contributed by atoms with Crippen molar-refractivity contribution >= 4 is 12.1 Å². The van der Waals surface area contributed by atoms with Gasteiger partial charge in [-0.2, -0.15) is 0 Å². The van der Waals surface area contributed by atoms with Gasteiger partial charge in [0.15, 0.2) is 5.60 Å². The first-order chi connectivity index (χ1) is 10.2. The number of nitrogens with zero attached hydrogens (tertiary/aromatic N) is 1. The maximum absolute atomic E-state index is 12.0. The highest BCUT2D eigenvalue weighted by Gasteiger charge is 2.50. The molecule has 1 amide bonds. The Morgan fingerprint density at radius 1 is 1.23 bits per heavy atom. The summed E-state index contributed by atoms with van der Waals surface area (Å²) in [7, 11) is 0. The fourth-order valence-electron chi connectivity index (χ4n) is 2.33. The van der Waals surface area contributed by atoms with E-state index in [-0.39, 0.29) is 19.5 Å². The quantitative estimate of drug-likeness (QED) is 0.925. The molecule has 1 aliphatic heterocycles. The van der Waals surface area contributed by atoms with Crippen LogP contribution in [0.4, 0.5) is 4.79 Å². The summed E-state index contributed by atoms with van der Waals surface area (Å²) >= 11 is 0. The molecule has 0 radical (unpaired) electrons. The highest BCUT2D eigenvalue weighted by atomic mass is 16.6. The number of rotatable bonds is 4. The second-order valence-corrected chi connectivity index (χ2v) is 6.51. The normalized spacial score (nSPS) is 16.6. The summed E-state index contributed by atoms with van der Waals surface area (Å²) in [6, 6.07) is 9.01. The molecule has 0 unspecified atom stereocenters. The third kappa shape index (κ3) is 4.13. The van der Waals surface area contributed by atoms with Crippen LogP contribution >= 0.6 is 0 Å². The Hall–Kier alpha value is -2.24. The Morgan fingerprint density at radius 3 is 2.32 bits per heavy atom. The van der Waals surface area contributed by atoms with E-state index in [4.69, 9.17) is 14.6 Å². The molecule has 0 aromatic heterocycles. The van der Waals surface area contributed by atoms with Crippen molar-refractivity contribution in [2.45, 2.75) is 38.4 Å². The van der Waals surface area contributed by atoms with Gasteiger partial charge in [0.2, 0.25) is 0 Å². The zero-order valence-electron chi connectivity index (χ0n) is 13.0. The monoisotopic (exact) mass is 307 g/mol. The number of hydrogen-bond acceptors (Lipinski definition) is 4. The van der Waals surface area contributed by atoms with Crippen molar-refractivity contribution < 1.29 is 24.2 Å². The number of carboxylic acid groups (broad SMARTS) is 1. The number of benzene rings is 1. The van der Waals surface area contributed by atoms with E-state index in [9.17, 15) is 9.59 Å². The van der Waals surface area contributed by atoms with Crippen LogP contribution < -0.4 is 4.74 Å². The summed E-state index contributed by atoms with van der Waals surface area (Å²) in [4.78, 5) is 24.5. The molecular formula is C16H21NO5. The number of para-hydroxylation sites is 1. The Bertz CT molecular complexity index is 543. The van der Waals surface area contributed by atoms with Gasteiger partial charge >= 0.3 is 12.1 Å². The second kappa shape index (κ2) is 5.87. The van der Waals surface area contributed by atoms with Gasteiger partial charge in [0.05, 0.1) is 19.5 Å². The maximum atomic E-state index is 12.0. The predicted octanol–water partition coefficient (Wildman–Crippen LogP) is 2.53. The number of hydrogen-bond donors (Lipinski definition) is 1. The summed E-state index contributed by atoms with van der Waals surface area (Å²) < 4.78 is 11.1. The van der Waals surface area contributed by atoms with Crippen LogP contribution in [0.5, 0.6) is 5.75 Å². The van der Waals surface area contributed by atoms with Crippen LogP contribution in [0.25, 0.3) is 0 Å². The minimum atomic E-state index is -0.959. The van der Waals surface area contributed by atoms with E-state index in [2.05, 4.69) is 0 Å². The number of aliphatic carboxylic acids is 1. The smallest absolute Gasteiger partial charge is 0.410 e. The van der Waals surface area contributed by atoms with Crippen LogP contribution in [-0.2, 0) is 9.53 Å². The van der Waals surface area contributed by atoms with Crippen molar-refractivity contribution in [1.82, 2.24) is 4.90 Å². The van der Waals surface area contributed by atoms with E-state index in [0.29, 0.717) is 5.75 Å². The maximum Gasteiger partial charge on any atom is 0.410 e. The summed E-state index contributed by atoms with van der Waals surface area (Å²) in [6.45, 7) is 5.76. The SMILES string of the molecule is CC(C)(C)OC(=O)N1CC(CC(=O)O)(Oc2ccccc2)C1. The minimum absolute atomic E-state index is 0.165. The first kappa shape index (κ1) is 16.1. The van der Waals surface area contributed by atoms with Crippen molar-refractivity contribution in [2.24, 2.45) is 0 Å². The molecule has 1 aromatic carbocycles. The van der Waals surface area contributed by atoms with E-state index in [1.807, 2.05) is 18.2 Å². The third-order valence-electron chi connectivity index (χ3n) is 3.16. The molecule has 1 aromatic rings. The largest absolute Gasteiger partial charge is 0.483 e. The Balaban J connectivity index is 2.02. The molecule has 1 aliphatic rings. The zero-order chi connectivity index (χ0) is 16.4. The molecule has 120 valence electrons. The number of ether oxygens (including phenoxy) is 2. The molecule has 1 heterocycles. The van der Waals surface area contributed by atoms with Gasteiger partial charge in [-0.05, 0) is 32.9 Å². The first-order valence-corrected chi connectivity index (χ1v) is 7.13. The van der Waals surface area contributed by atoms with Crippen molar-refractivity contribution in [2.75, 3.05) is 13.1 Å². The Morgan fingerprint density at radius 2 is 1.82 bits per heavy atom. The minimum Gasteiger partial charge on any atom is -0.483 e. The molecule has 0 saturated carbocycles. The van der Waals surface area contributed by atoms with Crippen molar-refractivity contribution in [3.63, 3.8) is 0 Å². The van der Waals surface area contributed by atoms with Gasteiger partial charge in [0.1, 0.15) is 11.4 Å². The third-order valence-corrected chi connectivity index (χ3v) is 3.16. The number of carbonyl (C=O) groups is 2. The second-order valence-electron chi connectivity index (χ2n) is 6.51. The van der Waals surface area contributed by atoms with Gasteiger partial charge in [0.25, 0.3) is 0 Å². The zero-order valence-corrected chi connectivity index (χ0v) is 13.0. The molecule has 6 heteroatoms. The lowest BCUT2D eigenvalue weighted by atomic mass is 9.90. The molecule has 2 rings (SSSR count). The molecule has 6 nitrogen and oxygen atoms in total. The van der Waals surface area contributed by atoms with Gasteiger partial charge < -0.3 is 14.6 Å². The van der Waals surface area contributed by atoms with E-state index < -0.39 is 23.3 Å². The van der Waals surface area contributed by atoms with E-state index in [0.717, 1.165) is 0 Å². The summed E-state index contributed by atoms with van der Waals surface area (Å²) in [5, 5.41) is 9.09. The topological polar surface area (TPSA) is 76.1 Å². The van der Waals surface area contributed by atoms with Crippen LogP contribution in [0.1, 0.15) is 27.2 Å². The summed E-state index contributed by atoms with van der Waals surface area (Å²) in [5.41, 5.74) is -1.48. The molecule has 0 bridgehead atoms. The predicted molar refractivity (Wildman–Crippen MR) is 79.9 cm³/mol. The standard InChI is InChI=1S/C16H21NO5/c1-15(2,3)22-14(20)17-10-16(11-17,9-13(18)19)21-12-7-5-4-6-8-12/h4-8H,9-11H2,1-3H3,(H,18,19). The average molecular weight is 307 g/mol. The van der Waals surface area contributed by atoms with Crippen LogP contribution in [-0.4, -0.2) is 46.4 Å². The van der Waals surface area contributed by atoms with Crippen LogP contribution in [0.15, 0.2) is 30.3 Å². The molecule has 1 fully saturated rings. The Kier molecular flexibility index (Phi) is 4.30. The van der Waals surface area contributed by atoms with E-state index >= 15 is 0 Å². The van der Waals surface area contributed by atoms with Gasteiger partial charge in [-0.25, -0.2) is 4.79 Å². The highest BCUT2D eigenvalue weighted by Crippen LogP contribution is 2.32. The van der Waals surface area contributed by atoms with Gasteiger partial charge in [-0.1, -0.05) is 18.2 Å². The summed E-state index contributed by atoms with van der Waals surface area (Å²) in [5.74, 6) is -0.368. The van der Waals surface area contributed by atoms with Crippen molar-refractivity contribution in [3.8, 4) is 5.75 Å². The summed E-state index contributed by atoms with van der Waals surface area (Å²) in [6.07, 6.45) is -0.619. The van der Waals surface area contributed by atoms with Gasteiger partial charge in [-0.3, -0.25) is 9.69 Å². The molecule has 22 heavy (non-hydrogen) atoms. The van der Waals surface area contributed by atoms with Crippen molar-refractivity contribution in [3.05, 3.63) is 30.3 Å². The number of carbonyl (C=O) groups excluding carboxylic acids is 1. The fraction of sp³-hybridized carbons (Fsp3) is 0.500. The highest BCUT2D eigenvalue weighted by molar-refractivity contribution is 5.72. The van der Waals surface area contributed by atoms with Crippen LogP contribution in [0, 0.1) is 0 Å². The molecular weight excluding hydrogens is 286 g/mol. The lowest BCUT2D eigenvalue weighted by Crippen LogP contribution is -2.67. The lowest BCUT2D eigenvalue weighted by Gasteiger charge is -2.48. The molecule has 1 saturated heterocycles. The van der Waals surface area contributed by atoms with E-state index in [1.165, 1.54) is 4.90 Å². The fourth-order valence-corrected chi connectivity index (χ4v) is 2.33. The Labute approximate surface area is 129 Å². The molecule has 0 atom stereocenters. The van der Waals surface area contributed by atoms with Crippen LogP contribution in [0.2, 0.25) is 0 Å². The van der Waals surface area contributed by atoms with E-state index in [1.54, 1.807) is 32.9 Å². The van der Waals surface area contributed by atoms with Crippen molar-refractivity contribution in [1.29, 1.82) is 0 Å². The molecule has 0 spiro atoms. The number of amides is 1. The molecule has 0 aliphatic carbocycles. The molecule has 1 N–H and O–H groups in total. The van der Waals surface area contributed by atoms with Gasteiger partial charge in [-0.15, -0.1) is 0 Å². The average Bonchev–Trinajstić information content (AvgIpc) is 2.33.